The van der Waals surface area contributed by atoms with E-state index in [0.29, 0.717) is 17.6 Å². The van der Waals surface area contributed by atoms with Crippen molar-refractivity contribution in [1.29, 1.82) is 0 Å². The Balaban J connectivity index is 1.63. The smallest absolute Gasteiger partial charge is 0.0672 e. The second-order valence-electron chi connectivity index (χ2n) is 8.52. The van der Waals surface area contributed by atoms with Crippen LogP contribution in [0.15, 0.2) is 0 Å². The highest BCUT2D eigenvalue weighted by Crippen LogP contribution is 2.50. The molecule has 3 aliphatic rings. The van der Waals surface area contributed by atoms with Crippen molar-refractivity contribution in [3.05, 3.63) is 0 Å². The third-order valence-corrected chi connectivity index (χ3v) is 5.51. The van der Waals surface area contributed by atoms with Gasteiger partial charge in [-0.15, -0.1) is 0 Å². The first-order chi connectivity index (χ1) is 9.99. The fourth-order valence-corrected chi connectivity index (χ4v) is 4.05. The summed E-state index contributed by atoms with van der Waals surface area (Å²) >= 11 is 0. The lowest BCUT2D eigenvalue weighted by Crippen LogP contribution is -2.48. The first-order valence-corrected chi connectivity index (χ1v) is 8.97. The van der Waals surface area contributed by atoms with Crippen LogP contribution in [-0.4, -0.2) is 37.5 Å². The third kappa shape index (κ3) is 4.00. The summed E-state index contributed by atoms with van der Waals surface area (Å²) in [5.41, 5.74) is 0.536. The molecule has 1 saturated carbocycles. The van der Waals surface area contributed by atoms with Crippen molar-refractivity contribution in [3.63, 3.8) is 0 Å². The van der Waals surface area contributed by atoms with E-state index in [1.54, 1.807) is 0 Å². The monoisotopic (exact) mass is 295 g/mol. The number of hydrogen-bond donors (Lipinski definition) is 1. The predicted octanol–water partition coefficient (Wildman–Crippen LogP) is 3.52. The van der Waals surface area contributed by atoms with E-state index in [-0.39, 0.29) is 5.54 Å². The van der Waals surface area contributed by atoms with Crippen molar-refractivity contribution in [2.24, 2.45) is 11.3 Å². The van der Waals surface area contributed by atoms with E-state index < -0.39 is 0 Å². The summed E-state index contributed by atoms with van der Waals surface area (Å²) in [6.07, 6.45) is 9.98. The second kappa shape index (κ2) is 6.17. The lowest BCUT2D eigenvalue weighted by molar-refractivity contribution is 0.0130. The van der Waals surface area contributed by atoms with Gasteiger partial charge in [0, 0.05) is 30.7 Å². The van der Waals surface area contributed by atoms with Gasteiger partial charge in [-0.25, -0.2) is 0 Å². The molecule has 0 spiro atoms. The van der Waals surface area contributed by atoms with Crippen molar-refractivity contribution < 1.29 is 9.47 Å². The second-order valence-corrected chi connectivity index (χ2v) is 8.52. The maximum Gasteiger partial charge on any atom is 0.0672 e. The average Bonchev–Trinajstić information content (AvgIpc) is 2.98. The zero-order chi connectivity index (χ0) is 14.9. The maximum atomic E-state index is 6.19. The summed E-state index contributed by atoms with van der Waals surface area (Å²) in [5, 5.41) is 3.77. The highest BCUT2D eigenvalue weighted by molar-refractivity contribution is 5.01. The van der Waals surface area contributed by atoms with E-state index in [1.165, 1.54) is 44.9 Å². The molecular weight excluding hydrogens is 262 g/mol. The standard InChI is InChI=1S/C18H33NO2/c1-17(2,3)19-13-18(9-8-15-5-4-11-20-15)10-12-21-16(18)14-6-7-14/h14-16,19H,4-13H2,1-3H3. The van der Waals surface area contributed by atoms with Crippen molar-refractivity contribution in [2.45, 2.75) is 83.5 Å². The van der Waals surface area contributed by atoms with Gasteiger partial charge in [-0.1, -0.05) is 0 Å². The maximum absolute atomic E-state index is 6.19. The largest absolute Gasteiger partial charge is 0.378 e. The summed E-state index contributed by atoms with van der Waals surface area (Å²) < 4.78 is 12.0. The molecule has 1 aliphatic carbocycles. The van der Waals surface area contributed by atoms with Crippen LogP contribution in [0.3, 0.4) is 0 Å². The summed E-state index contributed by atoms with van der Waals surface area (Å²) in [4.78, 5) is 0. The van der Waals surface area contributed by atoms with Gasteiger partial charge < -0.3 is 14.8 Å². The number of nitrogens with one attached hydrogen (secondary N) is 1. The molecule has 3 unspecified atom stereocenters. The van der Waals surface area contributed by atoms with E-state index in [0.717, 1.165) is 25.7 Å². The summed E-state index contributed by atoms with van der Waals surface area (Å²) in [7, 11) is 0. The minimum absolute atomic E-state index is 0.188. The minimum atomic E-state index is 0.188. The SMILES string of the molecule is CC(C)(C)NCC1(CCC2CCCO2)CCOC1C1CC1. The van der Waals surface area contributed by atoms with Crippen LogP contribution in [0.5, 0.6) is 0 Å². The van der Waals surface area contributed by atoms with Gasteiger partial charge in [0.05, 0.1) is 12.2 Å². The molecule has 3 atom stereocenters. The van der Waals surface area contributed by atoms with Crippen LogP contribution in [0, 0.1) is 11.3 Å². The van der Waals surface area contributed by atoms with E-state index in [2.05, 4.69) is 26.1 Å². The van der Waals surface area contributed by atoms with Crippen LogP contribution in [0.4, 0.5) is 0 Å². The number of ether oxygens (including phenoxy) is 2. The molecule has 3 heteroatoms. The molecule has 3 fully saturated rings. The highest BCUT2D eigenvalue weighted by atomic mass is 16.5. The Hall–Kier alpha value is -0.120. The summed E-state index contributed by atoms with van der Waals surface area (Å²) in [6, 6.07) is 0. The molecule has 0 aromatic rings. The molecule has 0 bridgehead atoms. The lowest BCUT2D eigenvalue weighted by Gasteiger charge is -2.38. The van der Waals surface area contributed by atoms with Crippen LogP contribution in [-0.2, 0) is 9.47 Å². The van der Waals surface area contributed by atoms with Gasteiger partial charge >= 0.3 is 0 Å². The highest BCUT2D eigenvalue weighted by Gasteiger charge is 2.50. The Labute approximate surface area is 130 Å². The van der Waals surface area contributed by atoms with Crippen LogP contribution in [0.25, 0.3) is 0 Å². The Morgan fingerprint density at radius 3 is 2.52 bits per heavy atom. The predicted molar refractivity (Wildman–Crippen MR) is 85.5 cm³/mol. The van der Waals surface area contributed by atoms with Crippen LogP contribution < -0.4 is 5.32 Å². The molecule has 0 radical (unpaired) electrons. The van der Waals surface area contributed by atoms with Gasteiger partial charge in [0.25, 0.3) is 0 Å². The van der Waals surface area contributed by atoms with E-state index >= 15 is 0 Å². The van der Waals surface area contributed by atoms with Crippen molar-refractivity contribution in [2.75, 3.05) is 19.8 Å². The van der Waals surface area contributed by atoms with Gasteiger partial charge in [0.2, 0.25) is 0 Å². The Kier molecular flexibility index (Phi) is 4.63. The van der Waals surface area contributed by atoms with E-state index in [9.17, 15) is 0 Å². The van der Waals surface area contributed by atoms with Gasteiger partial charge in [-0.3, -0.25) is 0 Å². The molecule has 2 saturated heterocycles. The first-order valence-electron chi connectivity index (χ1n) is 8.97. The van der Waals surface area contributed by atoms with Gasteiger partial charge in [-0.2, -0.15) is 0 Å². The molecule has 3 nitrogen and oxygen atoms in total. The van der Waals surface area contributed by atoms with E-state index in [4.69, 9.17) is 9.47 Å². The topological polar surface area (TPSA) is 30.5 Å². The Morgan fingerprint density at radius 1 is 1.10 bits per heavy atom. The van der Waals surface area contributed by atoms with Crippen LogP contribution in [0.2, 0.25) is 0 Å². The van der Waals surface area contributed by atoms with Crippen molar-refractivity contribution >= 4 is 0 Å². The summed E-state index contributed by atoms with van der Waals surface area (Å²) in [5.74, 6) is 0.832. The lowest BCUT2D eigenvalue weighted by atomic mass is 9.74. The van der Waals surface area contributed by atoms with Gasteiger partial charge in [0.1, 0.15) is 0 Å². The van der Waals surface area contributed by atoms with E-state index in [1.807, 2.05) is 0 Å². The summed E-state index contributed by atoms with van der Waals surface area (Å²) in [6.45, 7) is 9.83. The zero-order valence-electron chi connectivity index (χ0n) is 14.1. The van der Waals surface area contributed by atoms with Crippen LogP contribution >= 0.6 is 0 Å². The minimum Gasteiger partial charge on any atom is -0.378 e. The molecular formula is C18H33NO2. The molecule has 1 N–H and O–H groups in total. The normalized spacial score (nSPS) is 37.3. The molecule has 0 amide bonds. The fourth-order valence-electron chi connectivity index (χ4n) is 4.05. The average molecular weight is 295 g/mol. The third-order valence-electron chi connectivity index (χ3n) is 5.51. The molecule has 2 heterocycles. The molecule has 21 heavy (non-hydrogen) atoms. The zero-order valence-corrected chi connectivity index (χ0v) is 14.1. The Morgan fingerprint density at radius 2 is 1.90 bits per heavy atom. The van der Waals surface area contributed by atoms with Crippen molar-refractivity contribution in [3.8, 4) is 0 Å². The molecule has 0 aromatic carbocycles. The van der Waals surface area contributed by atoms with Crippen molar-refractivity contribution in [1.82, 2.24) is 5.32 Å². The first kappa shape index (κ1) is 15.8. The number of rotatable bonds is 6. The number of hydrogen-bond acceptors (Lipinski definition) is 3. The molecule has 122 valence electrons. The molecule has 2 aliphatic heterocycles. The quantitative estimate of drug-likeness (QED) is 0.813. The van der Waals surface area contributed by atoms with Gasteiger partial charge in [-0.05, 0) is 71.6 Å². The Bertz CT molecular complexity index is 342. The fraction of sp³-hybridized carbons (Fsp3) is 1.00. The molecule has 3 rings (SSSR count). The molecule has 0 aromatic heterocycles. The van der Waals surface area contributed by atoms with Crippen LogP contribution in [0.1, 0.15) is 65.7 Å². The van der Waals surface area contributed by atoms with Gasteiger partial charge in [0.15, 0.2) is 0 Å².